The summed E-state index contributed by atoms with van der Waals surface area (Å²) in [5.74, 6) is 2.59. The van der Waals surface area contributed by atoms with Gasteiger partial charge in [-0.05, 0) is 83.5 Å². The van der Waals surface area contributed by atoms with Crippen molar-refractivity contribution >= 4 is 10.9 Å². The molecule has 37 heavy (non-hydrogen) atoms. The van der Waals surface area contributed by atoms with Crippen LogP contribution in [-0.4, -0.2) is 7.11 Å². The largest absolute Gasteiger partial charge is 0.497 e. The van der Waals surface area contributed by atoms with E-state index in [9.17, 15) is 0 Å². The normalized spacial score (nSPS) is 12.8. The minimum atomic E-state index is -0.362. The molecule has 0 aliphatic rings. The standard InChI is InChI=1S/C34H39O2S/c1-24-9-18-29(19-10-24)37(30-20-16-27(35-8)17-21-30)32-23-26(34(5,6)7)13-22-31(32)36-28-14-11-25(12-15-28)33(2,3)4/h9-23H,1-8H3/q+1. The summed E-state index contributed by atoms with van der Waals surface area (Å²) in [6.45, 7) is 15.6. The van der Waals surface area contributed by atoms with E-state index in [4.69, 9.17) is 9.47 Å². The molecule has 0 N–H and O–H groups in total. The van der Waals surface area contributed by atoms with E-state index < -0.39 is 0 Å². The van der Waals surface area contributed by atoms with Gasteiger partial charge in [0.05, 0.1) is 7.11 Å². The molecule has 0 radical (unpaired) electrons. The van der Waals surface area contributed by atoms with E-state index in [-0.39, 0.29) is 21.7 Å². The van der Waals surface area contributed by atoms with Crippen LogP contribution in [0.3, 0.4) is 0 Å². The van der Waals surface area contributed by atoms with Crippen LogP contribution in [0.1, 0.15) is 58.2 Å². The van der Waals surface area contributed by atoms with Crippen molar-refractivity contribution in [1.82, 2.24) is 0 Å². The average Bonchev–Trinajstić information content (AvgIpc) is 2.86. The third-order valence-electron chi connectivity index (χ3n) is 6.53. The van der Waals surface area contributed by atoms with Gasteiger partial charge >= 0.3 is 0 Å². The Morgan fingerprint density at radius 1 is 0.568 bits per heavy atom. The van der Waals surface area contributed by atoms with Gasteiger partial charge in [0.15, 0.2) is 15.5 Å². The van der Waals surface area contributed by atoms with Crippen molar-refractivity contribution < 1.29 is 9.47 Å². The first-order valence-corrected chi connectivity index (χ1v) is 14.1. The summed E-state index contributed by atoms with van der Waals surface area (Å²) in [5.41, 5.74) is 3.95. The lowest BCUT2D eigenvalue weighted by Gasteiger charge is -2.22. The summed E-state index contributed by atoms with van der Waals surface area (Å²) < 4.78 is 12.1. The van der Waals surface area contributed by atoms with E-state index in [1.807, 2.05) is 12.1 Å². The Kier molecular flexibility index (Phi) is 7.75. The first kappa shape index (κ1) is 26.9. The van der Waals surface area contributed by atoms with Crippen molar-refractivity contribution in [3.63, 3.8) is 0 Å². The fourth-order valence-corrected chi connectivity index (χ4v) is 6.30. The van der Waals surface area contributed by atoms with Gasteiger partial charge in [0, 0.05) is 6.07 Å². The Morgan fingerprint density at radius 3 is 1.57 bits per heavy atom. The van der Waals surface area contributed by atoms with Crippen molar-refractivity contribution in [2.45, 2.75) is 74.0 Å². The molecule has 0 fully saturated rings. The Hall–Kier alpha value is -3.17. The molecule has 4 aromatic carbocycles. The predicted molar refractivity (Wildman–Crippen MR) is 157 cm³/mol. The first-order valence-electron chi connectivity index (χ1n) is 12.8. The van der Waals surface area contributed by atoms with E-state index in [1.165, 1.54) is 31.4 Å². The first-order chi connectivity index (χ1) is 17.5. The van der Waals surface area contributed by atoms with Crippen LogP contribution in [0.2, 0.25) is 0 Å². The van der Waals surface area contributed by atoms with Gasteiger partial charge in [-0.2, -0.15) is 0 Å². The zero-order chi connectivity index (χ0) is 26.8. The number of benzene rings is 4. The minimum absolute atomic E-state index is 0.0177. The quantitative estimate of drug-likeness (QED) is 0.240. The summed E-state index contributed by atoms with van der Waals surface area (Å²) in [5, 5.41) is 0. The highest BCUT2D eigenvalue weighted by Gasteiger charge is 2.34. The van der Waals surface area contributed by atoms with E-state index in [0.717, 1.165) is 17.2 Å². The van der Waals surface area contributed by atoms with Gasteiger partial charge in [-0.15, -0.1) is 0 Å². The summed E-state index contributed by atoms with van der Waals surface area (Å²) in [6, 6.07) is 32.5. The molecule has 0 heterocycles. The maximum Gasteiger partial charge on any atom is 0.209 e. The molecule has 3 heteroatoms. The molecule has 1 atom stereocenters. The molecule has 4 rings (SSSR count). The molecule has 0 aliphatic carbocycles. The van der Waals surface area contributed by atoms with Gasteiger partial charge in [0.25, 0.3) is 0 Å². The van der Waals surface area contributed by atoms with Gasteiger partial charge in [-0.25, -0.2) is 0 Å². The lowest BCUT2D eigenvalue weighted by Crippen LogP contribution is -2.14. The number of hydrogen-bond acceptors (Lipinski definition) is 2. The minimum Gasteiger partial charge on any atom is -0.497 e. The maximum atomic E-state index is 6.62. The molecule has 0 bridgehead atoms. The van der Waals surface area contributed by atoms with Crippen LogP contribution in [0, 0.1) is 6.92 Å². The second-order valence-electron chi connectivity index (χ2n) is 11.6. The predicted octanol–water partition coefficient (Wildman–Crippen LogP) is 9.49. The maximum absolute atomic E-state index is 6.62. The second kappa shape index (κ2) is 10.7. The Morgan fingerprint density at radius 2 is 1.05 bits per heavy atom. The second-order valence-corrected chi connectivity index (χ2v) is 13.6. The zero-order valence-corrected chi connectivity index (χ0v) is 24.2. The molecule has 4 aromatic rings. The van der Waals surface area contributed by atoms with Gasteiger partial charge < -0.3 is 9.47 Å². The summed E-state index contributed by atoms with van der Waals surface area (Å²) in [6.07, 6.45) is 0. The van der Waals surface area contributed by atoms with Gasteiger partial charge in [0.2, 0.25) is 4.90 Å². The van der Waals surface area contributed by atoms with Gasteiger partial charge in [-0.1, -0.05) is 77.4 Å². The molecule has 0 aliphatic heterocycles. The van der Waals surface area contributed by atoms with E-state index >= 15 is 0 Å². The van der Waals surface area contributed by atoms with Crippen LogP contribution in [0.5, 0.6) is 17.2 Å². The van der Waals surface area contributed by atoms with Crippen molar-refractivity contribution in [2.24, 2.45) is 0 Å². The lowest BCUT2D eigenvalue weighted by atomic mass is 9.87. The number of methoxy groups -OCH3 is 1. The highest BCUT2D eigenvalue weighted by Crippen LogP contribution is 2.41. The zero-order valence-electron chi connectivity index (χ0n) is 23.4. The van der Waals surface area contributed by atoms with Crippen molar-refractivity contribution in [1.29, 1.82) is 0 Å². The molecule has 192 valence electrons. The van der Waals surface area contributed by atoms with Gasteiger partial charge in [-0.3, -0.25) is 0 Å². The topological polar surface area (TPSA) is 18.5 Å². The van der Waals surface area contributed by atoms with E-state index in [1.54, 1.807) is 7.11 Å². The van der Waals surface area contributed by atoms with Crippen molar-refractivity contribution in [3.05, 3.63) is 108 Å². The fourth-order valence-electron chi connectivity index (χ4n) is 4.14. The molecule has 0 amide bonds. The smallest absolute Gasteiger partial charge is 0.209 e. The van der Waals surface area contributed by atoms with Crippen LogP contribution in [0.4, 0.5) is 0 Å². The monoisotopic (exact) mass is 511 g/mol. The molecule has 0 saturated heterocycles. The summed E-state index contributed by atoms with van der Waals surface area (Å²) in [4.78, 5) is 3.67. The molecule has 0 aromatic heterocycles. The van der Waals surface area contributed by atoms with Gasteiger partial charge in [0.1, 0.15) is 22.4 Å². The number of ether oxygens (including phenoxy) is 2. The molecule has 0 saturated carbocycles. The molecule has 1 unspecified atom stereocenters. The lowest BCUT2D eigenvalue weighted by molar-refractivity contribution is 0.414. The number of rotatable bonds is 6. The van der Waals surface area contributed by atoms with Crippen LogP contribution in [0.15, 0.2) is 106 Å². The summed E-state index contributed by atoms with van der Waals surface area (Å²) >= 11 is 0. The molecule has 0 spiro atoms. The highest BCUT2D eigenvalue weighted by atomic mass is 32.2. The van der Waals surface area contributed by atoms with E-state index in [2.05, 4.69) is 127 Å². The van der Waals surface area contributed by atoms with Crippen LogP contribution in [-0.2, 0) is 21.7 Å². The third kappa shape index (κ3) is 6.40. The number of aryl methyl sites for hydroxylation is 1. The molecule has 2 nitrogen and oxygen atoms in total. The van der Waals surface area contributed by atoms with Crippen LogP contribution in [0.25, 0.3) is 0 Å². The molecular formula is C34H39O2S+. The fraction of sp³-hybridized carbons (Fsp3) is 0.294. The van der Waals surface area contributed by atoms with E-state index in [0.29, 0.717) is 0 Å². The highest BCUT2D eigenvalue weighted by molar-refractivity contribution is 7.97. The van der Waals surface area contributed by atoms with Crippen LogP contribution < -0.4 is 9.47 Å². The third-order valence-corrected chi connectivity index (χ3v) is 8.78. The summed E-state index contributed by atoms with van der Waals surface area (Å²) in [7, 11) is 1.34. The SMILES string of the molecule is COc1ccc([S+](c2ccc(C)cc2)c2cc(C(C)(C)C)ccc2Oc2ccc(C(C)(C)C)cc2)cc1. The van der Waals surface area contributed by atoms with Crippen LogP contribution >= 0.6 is 0 Å². The Balaban J connectivity index is 1.87. The Bertz CT molecular complexity index is 1320. The molecular weight excluding hydrogens is 472 g/mol. The van der Waals surface area contributed by atoms with Crippen molar-refractivity contribution in [2.75, 3.05) is 7.11 Å². The Labute approximate surface area is 226 Å². The van der Waals surface area contributed by atoms with Crippen molar-refractivity contribution in [3.8, 4) is 17.2 Å². The average molecular weight is 512 g/mol. The number of hydrogen-bond donors (Lipinski definition) is 0.